The predicted octanol–water partition coefficient (Wildman–Crippen LogP) is 17.6. The van der Waals surface area contributed by atoms with Gasteiger partial charge in [0.2, 0.25) is 0 Å². The molecular weight excluding hydrogens is 773 g/mol. The summed E-state index contributed by atoms with van der Waals surface area (Å²) in [5, 5.41) is 7.69. The quantitative estimate of drug-likeness (QED) is 0.148. The molecule has 2 nitrogen and oxygen atoms in total. The van der Waals surface area contributed by atoms with Gasteiger partial charge < -0.3 is 9.47 Å². The molecule has 0 saturated heterocycles. The highest BCUT2D eigenvalue weighted by Gasteiger charge is 2.25. The first-order valence-electron chi connectivity index (χ1n) is 23.0. The lowest BCUT2D eigenvalue weighted by molar-refractivity contribution is 0.445. The van der Waals surface area contributed by atoms with E-state index in [2.05, 4.69) is 234 Å². The predicted molar refractivity (Wildman–Crippen MR) is 273 cm³/mol. The van der Waals surface area contributed by atoms with E-state index in [1.807, 2.05) is 0 Å². The van der Waals surface area contributed by atoms with Crippen molar-refractivity contribution in [3.05, 3.63) is 230 Å². The molecule has 0 N–H and O–H groups in total. The smallest absolute Gasteiger partial charge is 0.0547 e. The van der Waals surface area contributed by atoms with Crippen molar-refractivity contribution in [2.24, 2.45) is 0 Å². The molecule has 0 spiro atoms. The number of nitrogens with zero attached hydrogens (tertiary/aromatic N) is 2. The number of aromatic nitrogens is 1. The first-order valence-corrected chi connectivity index (χ1v) is 23.0. The third-order valence-electron chi connectivity index (χ3n) is 13.8. The average Bonchev–Trinajstić information content (AvgIpc) is 3.70. The fraction of sp³-hybridized carbons (Fsp3) is 0.0968. The lowest BCUT2D eigenvalue weighted by atomic mass is 9.80. The van der Waals surface area contributed by atoms with Crippen molar-refractivity contribution in [1.82, 2.24) is 4.57 Å². The zero-order valence-corrected chi connectivity index (χ0v) is 35.9. The van der Waals surface area contributed by atoms with Gasteiger partial charge in [-0.25, -0.2) is 0 Å². The van der Waals surface area contributed by atoms with Crippen molar-refractivity contribution in [3.63, 3.8) is 0 Å². The lowest BCUT2D eigenvalue weighted by Gasteiger charge is -2.31. The Kier molecular flexibility index (Phi) is 9.64. The van der Waals surface area contributed by atoms with Gasteiger partial charge in [-0.15, -0.1) is 0 Å². The number of anilines is 3. The highest BCUT2D eigenvalue weighted by Crippen LogP contribution is 2.49. The van der Waals surface area contributed by atoms with Crippen molar-refractivity contribution in [3.8, 4) is 39.1 Å². The molecule has 64 heavy (non-hydrogen) atoms. The van der Waals surface area contributed by atoms with E-state index in [4.69, 9.17) is 0 Å². The van der Waals surface area contributed by atoms with Gasteiger partial charge in [-0.3, -0.25) is 0 Å². The standard InChI is InChI=1S/C62H48N2/c1-3-19-44(20-4-1)53-34-17-23-45-24-18-35-57(62(45)53)55-32-11-14-38-60(55)64(49-28-15-25-46(41-49)51-33-16-22-43-21-7-8-29-50(43)51)58-36-12-9-30-52(58)47-39-40-56-54-31-10-13-37-59(54)63(61(56)42-47)48-26-5-2-6-27-48/h2,5-18,21-42,44H,1,3-4,19-20H2. The average molecular weight is 821 g/mol. The molecule has 0 radical (unpaired) electrons. The molecule has 0 bridgehead atoms. The van der Waals surface area contributed by atoms with Crippen molar-refractivity contribution in [2.75, 3.05) is 4.90 Å². The van der Waals surface area contributed by atoms with Gasteiger partial charge in [-0.2, -0.15) is 0 Å². The molecule has 306 valence electrons. The minimum absolute atomic E-state index is 0.571. The van der Waals surface area contributed by atoms with Crippen molar-refractivity contribution >= 4 is 60.4 Å². The molecule has 1 heterocycles. The summed E-state index contributed by atoms with van der Waals surface area (Å²) < 4.78 is 2.42. The molecule has 12 rings (SSSR count). The minimum atomic E-state index is 0.571. The zero-order valence-electron chi connectivity index (χ0n) is 35.9. The first-order chi connectivity index (χ1) is 31.8. The lowest BCUT2D eigenvalue weighted by Crippen LogP contribution is -2.13. The minimum Gasteiger partial charge on any atom is -0.309 e. The zero-order chi connectivity index (χ0) is 42.4. The van der Waals surface area contributed by atoms with Crippen LogP contribution < -0.4 is 4.90 Å². The van der Waals surface area contributed by atoms with Crippen LogP contribution in [0.15, 0.2) is 224 Å². The first kappa shape index (κ1) is 38.0. The Morgan fingerprint density at radius 1 is 0.375 bits per heavy atom. The van der Waals surface area contributed by atoms with E-state index in [-0.39, 0.29) is 0 Å². The molecule has 1 fully saturated rings. The van der Waals surface area contributed by atoms with Gasteiger partial charge in [0.25, 0.3) is 0 Å². The van der Waals surface area contributed by atoms with Crippen LogP contribution in [-0.2, 0) is 0 Å². The SMILES string of the molecule is c1ccc(-n2c3ccccc3c3ccc(-c4ccccc4N(c4cccc(-c5cccc6ccccc56)c4)c4ccccc4-c4cccc5cccc(C6CCCCC6)c45)cc32)cc1. The maximum atomic E-state index is 2.53. The molecular formula is C62H48N2. The number of rotatable bonds is 8. The van der Waals surface area contributed by atoms with Crippen LogP contribution in [0, 0.1) is 0 Å². The van der Waals surface area contributed by atoms with E-state index in [1.165, 1.54) is 114 Å². The van der Waals surface area contributed by atoms with Crippen LogP contribution in [0.3, 0.4) is 0 Å². The maximum absolute atomic E-state index is 2.53. The maximum Gasteiger partial charge on any atom is 0.0547 e. The van der Waals surface area contributed by atoms with E-state index in [0.717, 1.165) is 22.7 Å². The molecule has 0 aliphatic heterocycles. The Labute approximate surface area is 375 Å². The molecule has 2 heteroatoms. The third-order valence-corrected chi connectivity index (χ3v) is 13.8. The van der Waals surface area contributed by atoms with Gasteiger partial charge in [0.05, 0.1) is 22.4 Å². The van der Waals surface area contributed by atoms with E-state index in [1.54, 1.807) is 0 Å². The van der Waals surface area contributed by atoms with Gasteiger partial charge in [0, 0.05) is 33.3 Å². The van der Waals surface area contributed by atoms with Crippen LogP contribution in [0.4, 0.5) is 17.1 Å². The van der Waals surface area contributed by atoms with Gasteiger partial charge in [-0.1, -0.05) is 195 Å². The Bertz CT molecular complexity index is 3490. The normalized spacial score (nSPS) is 13.2. The molecule has 11 aromatic rings. The molecule has 0 unspecified atom stereocenters. The molecule has 1 saturated carbocycles. The Balaban J connectivity index is 1.11. The van der Waals surface area contributed by atoms with Gasteiger partial charge in [0.15, 0.2) is 0 Å². The molecule has 0 amide bonds. The number of hydrogen-bond acceptors (Lipinski definition) is 1. The summed E-state index contributed by atoms with van der Waals surface area (Å²) in [5.41, 5.74) is 15.7. The molecule has 0 atom stereocenters. The Morgan fingerprint density at radius 3 is 1.81 bits per heavy atom. The van der Waals surface area contributed by atoms with E-state index in [0.29, 0.717) is 5.92 Å². The Morgan fingerprint density at radius 2 is 0.969 bits per heavy atom. The van der Waals surface area contributed by atoms with E-state index < -0.39 is 0 Å². The second-order valence-electron chi connectivity index (χ2n) is 17.5. The Hall–Kier alpha value is -7.68. The van der Waals surface area contributed by atoms with E-state index in [9.17, 15) is 0 Å². The second kappa shape index (κ2) is 16.2. The summed E-state index contributed by atoms with van der Waals surface area (Å²) in [7, 11) is 0. The van der Waals surface area contributed by atoms with Crippen molar-refractivity contribution in [2.45, 2.75) is 38.0 Å². The summed E-state index contributed by atoms with van der Waals surface area (Å²) in [5.74, 6) is 0.571. The summed E-state index contributed by atoms with van der Waals surface area (Å²) in [6.07, 6.45) is 6.45. The number of fused-ring (bicyclic) bond motifs is 5. The van der Waals surface area contributed by atoms with Crippen LogP contribution in [0.2, 0.25) is 0 Å². The third kappa shape index (κ3) is 6.57. The molecule has 1 aliphatic carbocycles. The van der Waals surface area contributed by atoms with Gasteiger partial charge in [-0.05, 0) is 117 Å². The van der Waals surface area contributed by atoms with E-state index >= 15 is 0 Å². The molecule has 1 aliphatic rings. The van der Waals surface area contributed by atoms with Crippen molar-refractivity contribution in [1.29, 1.82) is 0 Å². The summed E-state index contributed by atoms with van der Waals surface area (Å²) >= 11 is 0. The van der Waals surface area contributed by atoms with Crippen LogP contribution in [-0.4, -0.2) is 4.57 Å². The summed E-state index contributed by atoms with van der Waals surface area (Å²) in [6, 6.07) is 83.2. The molecule has 10 aromatic carbocycles. The van der Waals surface area contributed by atoms with Crippen LogP contribution in [0.5, 0.6) is 0 Å². The van der Waals surface area contributed by atoms with Gasteiger partial charge in [0.1, 0.15) is 0 Å². The highest BCUT2D eigenvalue weighted by atomic mass is 15.1. The fourth-order valence-electron chi connectivity index (χ4n) is 10.8. The van der Waals surface area contributed by atoms with Gasteiger partial charge >= 0.3 is 0 Å². The van der Waals surface area contributed by atoms with Crippen molar-refractivity contribution < 1.29 is 0 Å². The highest BCUT2D eigenvalue weighted by molar-refractivity contribution is 6.11. The summed E-state index contributed by atoms with van der Waals surface area (Å²) in [4.78, 5) is 2.53. The topological polar surface area (TPSA) is 8.17 Å². The summed E-state index contributed by atoms with van der Waals surface area (Å²) in [6.45, 7) is 0. The monoisotopic (exact) mass is 820 g/mol. The fourth-order valence-corrected chi connectivity index (χ4v) is 10.8. The number of benzene rings is 10. The van der Waals surface area contributed by atoms with Crippen LogP contribution >= 0.6 is 0 Å². The molecule has 1 aromatic heterocycles. The second-order valence-corrected chi connectivity index (χ2v) is 17.5. The van der Waals surface area contributed by atoms with Crippen LogP contribution in [0.1, 0.15) is 43.6 Å². The number of para-hydroxylation sites is 4. The largest absolute Gasteiger partial charge is 0.309 e. The van der Waals surface area contributed by atoms with Crippen LogP contribution in [0.25, 0.3) is 82.4 Å². The number of hydrogen-bond donors (Lipinski definition) is 0.